The lowest BCUT2D eigenvalue weighted by Crippen LogP contribution is -2.45. The molecule has 1 aromatic carbocycles. The Kier molecular flexibility index (Phi) is 5.37. The number of nitrogens with zero attached hydrogens (tertiary/aromatic N) is 2. The van der Waals surface area contributed by atoms with Crippen molar-refractivity contribution in [3.63, 3.8) is 0 Å². The van der Waals surface area contributed by atoms with E-state index in [0.29, 0.717) is 12.1 Å². The van der Waals surface area contributed by atoms with Crippen molar-refractivity contribution in [2.45, 2.75) is 32.0 Å². The molecule has 0 bridgehead atoms. The standard InChI is InChI=1S/C16H27N3/c1-14-9-10-17-16(12-18(2)3)13-19(14)11-15-7-5-4-6-8-15/h4-8,14,16-17H,9-13H2,1-3H3. The Morgan fingerprint density at radius 2 is 2.00 bits per heavy atom. The zero-order valence-corrected chi connectivity index (χ0v) is 12.5. The third-order valence-electron chi connectivity index (χ3n) is 3.89. The van der Waals surface area contributed by atoms with Gasteiger partial charge in [-0.2, -0.15) is 0 Å². The molecule has 1 heterocycles. The first-order chi connectivity index (χ1) is 9.15. The molecular formula is C16H27N3. The smallest absolute Gasteiger partial charge is 0.0322 e. The van der Waals surface area contributed by atoms with Crippen molar-refractivity contribution in [1.82, 2.24) is 15.1 Å². The molecule has 0 spiro atoms. The number of nitrogens with one attached hydrogen (secondary N) is 1. The lowest BCUT2D eigenvalue weighted by atomic mass is 10.1. The molecule has 106 valence electrons. The topological polar surface area (TPSA) is 18.5 Å². The van der Waals surface area contributed by atoms with E-state index in [0.717, 1.165) is 26.2 Å². The summed E-state index contributed by atoms with van der Waals surface area (Å²) in [6, 6.07) is 12.0. The molecule has 2 unspecified atom stereocenters. The molecule has 19 heavy (non-hydrogen) atoms. The van der Waals surface area contributed by atoms with Gasteiger partial charge in [-0.1, -0.05) is 30.3 Å². The van der Waals surface area contributed by atoms with Gasteiger partial charge in [-0.25, -0.2) is 0 Å². The van der Waals surface area contributed by atoms with Crippen LogP contribution in [-0.2, 0) is 6.54 Å². The average molecular weight is 261 g/mol. The summed E-state index contributed by atoms with van der Waals surface area (Å²) < 4.78 is 0. The Morgan fingerprint density at radius 3 is 2.68 bits per heavy atom. The van der Waals surface area contributed by atoms with Crippen molar-refractivity contribution in [2.24, 2.45) is 0 Å². The summed E-state index contributed by atoms with van der Waals surface area (Å²) in [5.74, 6) is 0. The maximum atomic E-state index is 3.68. The summed E-state index contributed by atoms with van der Waals surface area (Å²) in [4.78, 5) is 4.89. The van der Waals surface area contributed by atoms with E-state index in [1.165, 1.54) is 12.0 Å². The largest absolute Gasteiger partial charge is 0.311 e. The van der Waals surface area contributed by atoms with E-state index in [9.17, 15) is 0 Å². The van der Waals surface area contributed by atoms with Crippen LogP contribution in [0, 0.1) is 0 Å². The minimum absolute atomic E-state index is 0.573. The van der Waals surface area contributed by atoms with Crippen LogP contribution < -0.4 is 5.32 Å². The summed E-state index contributed by atoms with van der Waals surface area (Å²) in [5.41, 5.74) is 1.42. The van der Waals surface area contributed by atoms with Gasteiger partial charge in [-0.05, 0) is 39.5 Å². The van der Waals surface area contributed by atoms with Crippen LogP contribution in [0.2, 0.25) is 0 Å². The Labute approximate surface area is 117 Å². The molecule has 2 atom stereocenters. The molecule has 3 nitrogen and oxygen atoms in total. The van der Waals surface area contributed by atoms with E-state index in [4.69, 9.17) is 0 Å². The van der Waals surface area contributed by atoms with Gasteiger partial charge in [-0.15, -0.1) is 0 Å². The molecular weight excluding hydrogens is 234 g/mol. The molecule has 0 saturated carbocycles. The molecule has 3 heteroatoms. The lowest BCUT2D eigenvalue weighted by Gasteiger charge is -2.30. The van der Waals surface area contributed by atoms with Crippen molar-refractivity contribution >= 4 is 0 Å². The highest BCUT2D eigenvalue weighted by Gasteiger charge is 2.23. The predicted octanol–water partition coefficient (Wildman–Crippen LogP) is 1.80. The molecule has 2 rings (SSSR count). The molecule has 1 N–H and O–H groups in total. The second kappa shape index (κ2) is 7.04. The lowest BCUT2D eigenvalue weighted by molar-refractivity contribution is 0.185. The van der Waals surface area contributed by atoms with Crippen LogP contribution in [0.1, 0.15) is 18.9 Å². The quantitative estimate of drug-likeness (QED) is 0.891. The van der Waals surface area contributed by atoms with Gasteiger partial charge in [-0.3, -0.25) is 4.90 Å². The Bertz CT molecular complexity index is 364. The number of rotatable bonds is 4. The van der Waals surface area contributed by atoms with E-state index in [1.54, 1.807) is 0 Å². The Balaban J connectivity index is 1.99. The molecule has 0 amide bonds. The molecule has 0 aromatic heterocycles. The molecule has 1 aliphatic heterocycles. The fourth-order valence-corrected chi connectivity index (χ4v) is 2.81. The number of likely N-dealkylation sites (N-methyl/N-ethyl adjacent to an activating group) is 1. The normalized spacial score (nSPS) is 25.5. The molecule has 1 fully saturated rings. The van der Waals surface area contributed by atoms with Crippen molar-refractivity contribution in [3.05, 3.63) is 35.9 Å². The summed E-state index contributed by atoms with van der Waals surface area (Å²) in [6.45, 7) is 6.79. The van der Waals surface area contributed by atoms with Gasteiger partial charge in [0.05, 0.1) is 0 Å². The molecule has 1 saturated heterocycles. The highest BCUT2D eigenvalue weighted by atomic mass is 15.2. The summed E-state index contributed by atoms with van der Waals surface area (Å²) in [6.07, 6.45) is 1.23. The first-order valence-electron chi connectivity index (χ1n) is 7.31. The van der Waals surface area contributed by atoms with Crippen LogP contribution in [0.5, 0.6) is 0 Å². The van der Waals surface area contributed by atoms with Crippen LogP contribution in [0.25, 0.3) is 0 Å². The SMILES string of the molecule is CC1CCNC(CN(C)C)CN1Cc1ccccc1. The van der Waals surface area contributed by atoms with Gasteiger partial charge >= 0.3 is 0 Å². The summed E-state index contributed by atoms with van der Waals surface area (Å²) in [7, 11) is 4.30. The number of benzene rings is 1. The van der Waals surface area contributed by atoms with E-state index >= 15 is 0 Å². The molecule has 1 aliphatic rings. The molecule has 1 aromatic rings. The number of hydrogen-bond acceptors (Lipinski definition) is 3. The van der Waals surface area contributed by atoms with Crippen LogP contribution in [-0.4, -0.2) is 55.6 Å². The van der Waals surface area contributed by atoms with Crippen LogP contribution in [0.4, 0.5) is 0 Å². The fourth-order valence-electron chi connectivity index (χ4n) is 2.81. The average Bonchev–Trinajstić information content (AvgIpc) is 2.53. The second-order valence-corrected chi connectivity index (χ2v) is 5.97. The molecule has 0 radical (unpaired) electrons. The van der Waals surface area contributed by atoms with Crippen molar-refractivity contribution in [1.29, 1.82) is 0 Å². The van der Waals surface area contributed by atoms with Crippen LogP contribution in [0.3, 0.4) is 0 Å². The minimum Gasteiger partial charge on any atom is -0.311 e. The van der Waals surface area contributed by atoms with E-state index in [1.807, 2.05) is 0 Å². The third kappa shape index (κ3) is 4.60. The van der Waals surface area contributed by atoms with E-state index < -0.39 is 0 Å². The first-order valence-corrected chi connectivity index (χ1v) is 7.31. The van der Waals surface area contributed by atoms with Gasteiger partial charge in [0.25, 0.3) is 0 Å². The van der Waals surface area contributed by atoms with Gasteiger partial charge in [0.1, 0.15) is 0 Å². The maximum absolute atomic E-state index is 3.68. The number of hydrogen-bond donors (Lipinski definition) is 1. The van der Waals surface area contributed by atoms with E-state index in [-0.39, 0.29) is 0 Å². The highest BCUT2D eigenvalue weighted by Crippen LogP contribution is 2.14. The van der Waals surface area contributed by atoms with Crippen LogP contribution >= 0.6 is 0 Å². The first kappa shape index (κ1) is 14.5. The Hall–Kier alpha value is -0.900. The monoisotopic (exact) mass is 261 g/mol. The van der Waals surface area contributed by atoms with Crippen molar-refractivity contribution < 1.29 is 0 Å². The van der Waals surface area contributed by atoms with Crippen molar-refractivity contribution in [3.8, 4) is 0 Å². The van der Waals surface area contributed by atoms with E-state index in [2.05, 4.69) is 66.5 Å². The third-order valence-corrected chi connectivity index (χ3v) is 3.89. The molecule has 0 aliphatic carbocycles. The van der Waals surface area contributed by atoms with Gasteiger partial charge in [0.15, 0.2) is 0 Å². The summed E-state index contributed by atoms with van der Waals surface area (Å²) >= 11 is 0. The highest BCUT2D eigenvalue weighted by molar-refractivity contribution is 5.14. The zero-order valence-electron chi connectivity index (χ0n) is 12.5. The zero-order chi connectivity index (χ0) is 13.7. The summed E-state index contributed by atoms with van der Waals surface area (Å²) in [5, 5.41) is 3.68. The second-order valence-electron chi connectivity index (χ2n) is 5.97. The van der Waals surface area contributed by atoms with Gasteiger partial charge in [0, 0.05) is 31.7 Å². The predicted molar refractivity (Wildman–Crippen MR) is 81.3 cm³/mol. The minimum atomic E-state index is 0.573. The maximum Gasteiger partial charge on any atom is 0.0322 e. The fraction of sp³-hybridized carbons (Fsp3) is 0.625. The Morgan fingerprint density at radius 1 is 1.26 bits per heavy atom. The van der Waals surface area contributed by atoms with Crippen molar-refractivity contribution in [2.75, 3.05) is 33.7 Å². The van der Waals surface area contributed by atoms with Gasteiger partial charge in [0.2, 0.25) is 0 Å². The van der Waals surface area contributed by atoms with Gasteiger partial charge < -0.3 is 10.2 Å². The van der Waals surface area contributed by atoms with Crippen LogP contribution in [0.15, 0.2) is 30.3 Å².